The molecule has 2 aromatic rings. The highest BCUT2D eigenvalue weighted by molar-refractivity contribution is 9.10. The molecule has 7 heteroatoms. The first-order valence-electron chi connectivity index (χ1n) is 6.22. The number of nitrogens with zero attached hydrogens (tertiary/aromatic N) is 4. The number of aromatic nitrogens is 3. The second kappa shape index (κ2) is 5.42. The lowest BCUT2D eigenvalue weighted by Gasteiger charge is -2.26. The normalized spacial score (nSPS) is 15.7. The van der Waals surface area contributed by atoms with Gasteiger partial charge in [0, 0.05) is 33.9 Å². The van der Waals surface area contributed by atoms with Gasteiger partial charge in [0.2, 0.25) is 11.9 Å². The number of hydrogen-bond donors (Lipinski definition) is 1. The van der Waals surface area contributed by atoms with E-state index < -0.39 is 0 Å². The summed E-state index contributed by atoms with van der Waals surface area (Å²) >= 11 is 5.11. The number of hydrogen-bond acceptors (Lipinski definition) is 6. The lowest BCUT2D eigenvalue weighted by atomic mass is 10.1. The highest BCUT2D eigenvalue weighted by Crippen LogP contribution is 2.30. The number of thiophene rings is 1. The first-order chi connectivity index (χ1) is 9.24. The van der Waals surface area contributed by atoms with Crippen LogP contribution in [0, 0.1) is 0 Å². The predicted molar refractivity (Wildman–Crippen MR) is 81.3 cm³/mol. The minimum absolute atomic E-state index is 0.281. The zero-order valence-corrected chi connectivity index (χ0v) is 12.7. The second-order valence-corrected chi connectivity index (χ2v) is 6.10. The minimum Gasteiger partial charge on any atom is -0.368 e. The Labute approximate surface area is 124 Å². The molecule has 19 heavy (non-hydrogen) atoms. The van der Waals surface area contributed by atoms with E-state index in [-0.39, 0.29) is 5.95 Å². The predicted octanol–water partition coefficient (Wildman–Crippen LogP) is 2.94. The van der Waals surface area contributed by atoms with E-state index in [1.165, 1.54) is 19.3 Å². The van der Waals surface area contributed by atoms with Crippen LogP contribution in [0.15, 0.2) is 15.2 Å². The lowest BCUT2D eigenvalue weighted by Crippen LogP contribution is -2.31. The summed E-state index contributed by atoms with van der Waals surface area (Å²) in [5.74, 6) is 1.62. The van der Waals surface area contributed by atoms with Gasteiger partial charge in [0.15, 0.2) is 5.82 Å². The Morgan fingerprint density at radius 2 is 1.89 bits per heavy atom. The molecule has 2 aromatic heterocycles. The molecule has 3 heterocycles. The van der Waals surface area contributed by atoms with E-state index in [2.05, 4.69) is 35.8 Å². The van der Waals surface area contributed by atoms with Gasteiger partial charge in [-0.3, -0.25) is 0 Å². The molecule has 2 N–H and O–H groups in total. The van der Waals surface area contributed by atoms with Gasteiger partial charge in [-0.1, -0.05) is 0 Å². The standard InChI is InChI=1S/C12H14BrN5S/c13-9-7-19-6-8(9)10-15-11(14)17-12(16-10)18-4-2-1-3-5-18/h6-7H,1-5H2,(H2,14,15,16,17). The molecule has 0 aliphatic carbocycles. The molecular formula is C12H14BrN5S. The molecular weight excluding hydrogens is 326 g/mol. The van der Waals surface area contributed by atoms with Crippen molar-refractivity contribution < 1.29 is 0 Å². The molecule has 0 atom stereocenters. The van der Waals surface area contributed by atoms with Crippen molar-refractivity contribution in [1.82, 2.24) is 15.0 Å². The van der Waals surface area contributed by atoms with Crippen LogP contribution >= 0.6 is 27.3 Å². The van der Waals surface area contributed by atoms with Gasteiger partial charge < -0.3 is 10.6 Å². The molecule has 3 rings (SSSR count). The number of piperidine rings is 1. The van der Waals surface area contributed by atoms with Crippen LogP contribution in [0.4, 0.5) is 11.9 Å². The first-order valence-corrected chi connectivity index (χ1v) is 7.96. The quantitative estimate of drug-likeness (QED) is 0.910. The van der Waals surface area contributed by atoms with E-state index >= 15 is 0 Å². The molecule has 5 nitrogen and oxygen atoms in total. The van der Waals surface area contributed by atoms with Crippen LogP contribution < -0.4 is 10.6 Å². The zero-order valence-electron chi connectivity index (χ0n) is 10.3. The fourth-order valence-electron chi connectivity index (χ4n) is 2.18. The smallest absolute Gasteiger partial charge is 0.230 e. The van der Waals surface area contributed by atoms with Gasteiger partial charge in [0.25, 0.3) is 0 Å². The third-order valence-electron chi connectivity index (χ3n) is 3.14. The van der Waals surface area contributed by atoms with Crippen molar-refractivity contribution in [3.8, 4) is 11.4 Å². The topological polar surface area (TPSA) is 67.9 Å². The molecule has 0 unspecified atom stereocenters. The summed E-state index contributed by atoms with van der Waals surface area (Å²) in [7, 11) is 0. The van der Waals surface area contributed by atoms with Crippen LogP contribution in [0.25, 0.3) is 11.4 Å². The maximum atomic E-state index is 5.82. The summed E-state index contributed by atoms with van der Waals surface area (Å²) in [5.41, 5.74) is 6.79. The average Bonchev–Trinajstić information content (AvgIpc) is 2.85. The third kappa shape index (κ3) is 2.71. The van der Waals surface area contributed by atoms with Crippen LogP contribution in [0.2, 0.25) is 0 Å². The monoisotopic (exact) mass is 339 g/mol. The van der Waals surface area contributed by atoms with Crippen LogP contribution in [-0.4, -0.2) is 28.0 Å². The van der Waals surface area contributed by atoms with Gasteiger partial charge in [-0.15, -0.1) is 0 Å². The molecule has 0 saturated carbocycles. The van der Waals surface area contributed by atoms with Gasteiger partial charge in [0.1, 0.15) is 0 Å². The van der Waals surface area contributed by atoms with Crippen molar-refractivity contribution in [2.75, 3.05) is 23.7 Å². The summed E-state index contributed by atoms with van der Waals surface area (Å²) in [6, 6.07) is 0. The summed E-state index contributed by atoms with van der Waals surface area (Å²) in [4.78, 5) is 15.3. The number of nitrogen functional groups attached to an aromatic ring is 1. The van der Waals surface area contributed by atoms with E-state index in [1.807, 2.05) is 10.8 Å². The lowest BCUT2D eigenvalue weighted by molar-refractivity contribution is 0.568. The van der Waals surface area contributed by atoms with Crippen molar-refractivity contribution in [2.45, 2.75) is 19.3 Å². The third-order valence-corrected chi connectivity index (χ3v) is 4.84. The first kappa shape index (κ1) is 12.8. The van der Waals surface area contributed by atoms with Crippen molar-refractivity contribution in [2.24, 2.45) is 0 Å². The van der Waals surface area contributed by atoms with Crippen LogP contribution in [0.5, 0.6) is 0 Å². The Morgan fingerprint density at radius 3 is 2.58 bits per heavy atom. The molecule has 0 amide bonds. The molecule has 1 aliphatic rings. The van der Waals surface area contributed by atoms with Crippen molar-refractivity contribution in [3.63, 3.8) is 0 Å². The van der Waals surface area contributed by atoms with Crippen LogP contribution in [0.1, 0.15) is 19.3 Å². The molecule has 1 fully saturated rings. The van der Waals surface area contributed by atoms with E-state index in [4.69, 9.17) is 5.73 Å². The van der Waals surface area contributed by atoms with Gasteiger partial charge in [0.05, 0.1) is 0 Å². The molecule has 0 aromatic carbocycles. The summed E-state index contributed by atoms with van der Waals surface area (Å²) in [6.45, 7) is 1.99. The van der Waals surface area contributed by atoms with Gasteiger partial charge in [-0.25, -0.2) is 0 Å². The molecule has 1 aliphatic heterocycles. The maximum absolute atomic E-state index is 5.82. The number of halogens is 1. The van der Waals surface area contributed by atoms with Crippen molar-refractivity contribution in [1.29, 1.82) is 0 Å². The second-order valence-electron chi connectivity index (χ2n) is 4.50. The zero-order chi connectivity index (χ0) is 13.2. The highest BCUT2D eigenvalue weighted by atomic mass is 79.9. The maximum Gasteiger partial charge on any atom is 0.230 e. The minimum atomic E-state index is 0.281. The molecule has 1 saturated heterocycles. The molecule has 0 radical (unpaired) electrons. The fraction of sp³-hybridized carbons (Fsp3) is 0.417. The van der Waals surface area contributed by atoms with Gasteiger partial charge in [-0.05, 0) is 35.2 Å². The fourth-order valence-corrected chi connectivity index (χ4v) is 3.63. The summed E-state index contributed by atoms with van der Waals surface area (Å²) in [6.07, 6.45) is 3.64. The Morgan fingerprint density at radius 1 is 1.11 bits per heavy atom. The van der Waals surface area contributed by atoms with E-state index in [0.717, 1.165) is 23.1 Å². The van der Waals surface area contributed by atoms with E-state index in [0.29, 0.717) is 11.8 Å². The number of nitrogens with two attached hydrogens (primary N) is 1. The number of rotatable bonds is 2. The highest BCUT2D eigenvalue weighted by Gasteiger charge is 2.17. The summed E-state index contributed by atoms with van der Waals surface area (Å²) < 4.78 is 0.993. The Balaban J connectivity index is 1.98. The van der Waals surface area contributed by atoms with Gasteiger partial charge in [-0.2, -0.15) is 26.3 Å². The Kier molecular flexibility index (Phi) is 3.65. The largest absolute Gasteiger partial charge is 0.368 e. The Bertz CT molecular complexity index is 579. The van der Waals surface area contributed by atoms with Crippen LogP contribution in [-0.2, 0) is 0 Å². The Hall–Kier alpha value is -1.21. The van der Waals surface area contributed by atoms with Crippen molar-refractivity contribution in [3.05, 3.63) is 15.2 Å². The SMILES string of the molecule is Nc1nc(-c2cscc2Br)nc(N2CCCCC2)n1. The van der Waals surface area contributed by atoms with Gasteiger partial charge >= 0.3 is 0 Å². The molecule has 0 spiro atoms. The summed E-state index contributed by atoms with van der Waals surface area (Å²) in [5, 5.41) is 4.02. The average molecular weight is 340 g/mol. The van der Waals surface area contributed by atoms with E-state index in [9.17, 15) is 0 Å². The van der Waals surface area contributed by atoms with Crippen LogP contribution in [0.3, 0.4) is 0 Å². The van der Waals surface area contributed by atoms with Crippen molar-refractivity contribution >= 4 is 39.2 Å². The number of anilines is 2. The van der Waals surface area contributed by atoms with E-state index in [1.54, 1.807) is 11.3 Å². The molecule has 0 bridgehead atoms. The molecule has 100 valence electrons.